The van der Waals surface area contributed by atoms with E-state index < -0.39 is 39.1 Å². The molecule has 8 heteroatoms. The lowest BCUT2D eigenvalue weighted by molar-refractivity contribution is -0.141. The Labute approximate surface area is 118 Å². The standard InChI is InChI=1S/C12H20N2O5S/c13-11(15)9-5-1-2-7-14(9)20(18,19)10-6-3-4-8(10)12(16)17/h8-10H,1-7H2,(H2,13,15)(H,16,17). The number of sulfonamides is 1. The van der Waals surface area contributed by atoms with E-state index in [4.69, 9.17) is 10.8 Å². The molecular formula is C12H20N2O5S. The molecule has 3 unspecified atom stereocenters. The van der Waals surface area contributed by atoms with Gasteiger partial charge < -0.3 is 10.8 Å². The molecule has 0 spiro atoms. The fourth-order valence-corrected chi connectivity index (χ4v) is 5.66. The topological polar surface area (TPSA) is 118 Å². The molecule has 114 valence electrons. The Morgan fingerprint density at radius 2 is 1.80 bits per heavy atom. The highest BCUT2D eigenvalue weighted by Gasteiger charge is 2.47. The minimum atomic E-state index is -3.80. The number of rotatable bonds is 4. The van der Waals surface area contributed by atoms with Crippen LogP contribution in [0.2, 0.25) is 0 Å². The molecule has 2 rings (SSSR count). The first kappa shape index (κ1) is 15.2. The van der Waals surface area contributed by atoms with Gasteiger partial charge in [-0.1, -0.05) is 12.8 Å². The summed E-state index contributed by atoms with van der Waals surface area (Å²) in [5, 5.41) is 8.22. The Kier molecular flexibility index (Phi) is 4.33. The van der Waals surface area contributed by atoms with Gasteiger partial charge in [0.05, 0.1) is 11.2 Å². The van der Waals surface area contributed by atoms with Crippen molar-refractivity contribution < 1.29 is 23.1 Å². The normalized spacial score (nSPS) is 32.1. The molecule has 3 N–H and O–H groups in total. The quantitative estimate of drug-likeness (QED) is 0.752. The number of carbonyl (C=O) groups excluding carboxylic acids is 1. The number of carbonyl (C=O) groups is 2. The highest BCUT2D eigenvalue weighted by Crippen LogP contribution is 2.35. The van der Waals surface area contributed by atoms with E-state index in [-0.39, 0.29) is 6.54 Å². The summed E-state index contributed by atoms with van der Waals surface area (Å²) in [4.78, 5) is 22.6. The predicted molar refractivity (Wildman–Crippen MR) is 71.2 cm³/mol. The van der Waals surface area contributed by atoms with E-state index in [1.807, 2.05) is 0 Å². The van der Waals surface area contributed by atoms with Crippen molar-refractivity contribution in [3.05, 3.63) is 0 Å². The van der Waals surface area contributed by atoms with Crippen molar-refractivity contribution in [3.8, 4) is 0 Å². The first-order chi connectivity index (χ1) is 9.35. The summed E-state index contributed by atoms with van der Waals surface area (Å²) in [7, 11) is -3.80. The molecule has 0 bridgehead atoms. The van der Waals surface area contributed by atoms with Crippen LogP contribution in [0.5, 0.6) is 0 Å². The first-order valence-electron chi connectivity index (χ1n) is 6.88. The second kappa shape index (κ2) is 5.69. The summed E-state index contributed by atoms with van der Waals surface area (Å²) in [6.45, 7) is 0.249. The second-order valence-corrected chi connectivity index (χ2v) is 7.59. The van der Waals surface area contributed by atoms with Crippen LogP contribution in [0.25, 0.3) is 0 Å². The van der Waals surface area contributed by atoms with Gasteiger partial charge in [-0.25, -0.2) is 8.42 Å². The smallest absolute Gasteiger partial charge is 0.307 e. The van der Waals surface area contributed by atoms with Crippen molar-refractivity contribution in [2.24, 2.45) is 11.7 Å². The molecule has 3 atom stereocenters. The average molecular weight is 304 g/mol. The molecule has 1 saturated carbocycles. The summed E-state index contributed by atoms with van der Waals surface area (Å²) in [5.74, 6) is -2.61. The van der Waals surface area contributed by atoms with Crippen molar-refractivity contribution >= 4 is 21.9 Å². The number of hydrogen-bond acceptors (Lipinski definition) is 4. The molecule has 7 nitrogen and oxygen atoms in total. The molecular weight excluding hydrogens is 284 g/mol. The molecule has 0 aromatic heterocycles. The lowest BCUT2D eigenvalue weighted by Crippen LogP contribution is -2.54. The molecule has 0 aromatic rings. The summed E-state index contributed by atoms with van der Waals surface area (Å²) in [6, 6.07) is -0.830. The van der Waals surface area contributed by atoms with Crippen molar-refractivity contribution in [1.82, 2.24) is 4.31 Å². The maximum atomic E-state index is 12.7. The molecule has 2 fully saturated rings. The van der Waals surface area contributed by atoms with E-state index in [9.17, 15) is 18.0 Å². The third-order valence-corrected chi connectivity index (χ3v) is 6.68. The van der Waals surface area contributed by atoms with Gasteiger partial charge in [0.1, 0.15) is 6.04 Å². The number of nitrogens with two attached hydrogens (primary N) is 1. The van der Waals surface area contributed by atoms with Gasteiger partial charge in [0.25, 0.3) is 0 Å². The molecule has 0 radical (unpaired) electrons. The highest BCUT2D eigenvalue weighted by atomic mass is 32.2. The fourth-order valence-electron chi connectivity index (χ4n) is 3.23. The van der Waals surface area contributed by atoms with Gasteiger partial charge in [0.15, 0.2) is 0 Å². The summed E-state index contributed by atoms with van der Waals surface area (Å²) >= 11 is 0. The van der Waals surface area contributed by atoms with Crippen molar-refractivity contribution in [2.75, 3.05) is 6.54 Å². The number of nitrogens with zero attached hydrogens (tertiary/aromatic N) is 1. The van der Waals surface area contributed by atoms with Crippen LogP contribution in [-0.2, 0) is 19.6 Å². The lowest BCUT2D eigenvalue weighted by Gasteiger charge is -2.35. The van der Waals surface area contributed by atoms with Gasteiger partial charge in [-0.2, -0.15) is 4.31 Å². The second-order valence-electron chi connectivity index (χ2n) is 5.48. The molecule has 2 aliphatic rings. The number of hydrogen-bond donors (Lipinski definition) is 2. The van der Waals surface area contributed by atoms with Crippen molar-refractivity contribution in [1.29, 1.82) is 0 Å². The summed E-state index contributed by atoms with van der Waals surface area (Å²) in [5.41, 5.74) is 5.29. The number of carboxylic acid groups (broad SMARTS) is 1. The Morgan fingerprint density at radius 3 is 2.40 bits per heavy atom. The SMILES string of the molecule is NC(=O)C1CCCCN1S(=O)(=O)C1CCCC1C(=O)O. The third kappa shape index (κ3) is 2.67. The Bertz CT molecular complexity index is 504. The van der Waals surface area contributed by atoms with E-state index >= 15 is 0 Å². The van der Waals surface area contributed by atoms with Crippen LogP contribution in [0.15, 0.2) is 0 Å². The van der Waals surface area contributed by atoms with Crippen LogP contribution in [0.1, 0.15) is 38.5 Å². The van der Waals surface area contributed by atoms with Gasteiger partial charge >= 0.3 is 5.97 Å². The van der Waals surface area contributed by atoms with Gasteiger partial charge in [-0.05, 0) is 25.7 Å². The van der Waals surface area contributed by atoms with Crippen molar-refractivity contribution in [2.45, 2.75) is 49.8 Å². The summed E-state index contributed by atoms with van der Waals surface area (Å²) < 4.78 is 26.5. The van der Waals surface area contributed by atoms with Gasteiger partial charge in [-0.3, -0.25) is 9.59 Å². The molecule has 0 aromatic carbocycles. The fraction of sp³-hybridized carbons (Fsp3) is 0.833. The zero-order valence-electron chi connectivity index (χ0n) is 11.2. The lowest BCUT2D eigenvalue weighted by atomic mass is 10.0. The molecule has 1 aliphatic heterocycles. The number of primary amides is 1. The van der Waals surface area contributed by atoms with Crippen LogP contribution in [-0.4, -0.2) is 47.5 Å². The first-order valence-corrected chi connectivity index (χ1v) is 8.39. The largest absolute Gasteiger partial charge is 0.481 e. The van der Waals surface area contributed by atoms with Gasteiger partial charge in [-0.15, -0.1) is 0 Å². The van der Waals surface area contributed by atoms with Crippen LogP contribution in [0, 0.1) is 5.92 Å². The van der Waals surface area contributed by atoms with E-state index in [1.165, 1.54) is 0 Å². The number of carboxylic acids is 1. The van der Waals surface area contributed by atoms with E-state index in [0.717, 1.165) is 10.7 Å². The van der Waals surface area contributed by atoms with Crippen LogP contribution >= 0.6 is 0 Å². The van der Waals surface area contributed by atoms with Gasteiger partial charge in [0, 0.05) is 6.54 Å². The summed E-state index contributed by atoms with van der Waals surface area (Å²) in [6.07, 6.45) is 3.13. The molecule has 20 heavy (non-hydrogen) atoms. The minimum absolute atomic E-state index is 0.249. The molecule has 1 amide bonds. The number of piperidine rings is 1. The predicted octanol–water partition coefficient (Wildman–Crippen LogP) is -0.0907. The zero-order valence-corrected chi connectivity index (χ0v) is 12.0. The van der Waals surface area contributed by atoms with Crippen LogP contribution in [0.3, 0.4) is 0 Å². The van der Waals surface area contributed by atoms with Crippen molar-refractivity contribution in [3.63, 3.8) is 0 Å². The highest BCUT2D eigenvalue weighted by molar-refractivity contribution is 7.89. The van der Waals surface area contributed by atoms with Crippen LogP contribution in [0.4, 0.5) is 0 Å². The number of aliphatic carboxylic acids is 1. The Morgan fingerprint density at radius 1 is 1.10 bits per heavy atom. The molecule has 1 aliphatic carbocycles. The maximum absolute atomic E-state index is 12.7. The monoisotopic (exact) mass is 304 g/mol. The number of amides is 1. The third-order valence-electron chi connectivity index (χ3n) is 4.26. The Hall–Kier alpha value is -1.15. The maximum Gasteiger partial charge on any atom is 0.307 e. The molecule has 1 heterocycles. The van der Waals surface area contributed by atoms with E-state index in [0.29, 0.717) is 32.1 Å². The van der Waals surface area contributed by atoms with Gasteiger partial charge in [0.2, 0.25) is 15.9 Å². The Balaban J connectivity index is 2.28. The van der Waals surface area contributed by atoms with E-state index in [1.54, 1.807) is 0 Å². The average Bonchev–Trinajstić information content (AvgIpc) is 2.88. The van der Waals surface area contributed by atoms with Crippen LogP contribution < -0.4 is 5.73 Å². The zero-order chi connectivity index (χ0) is 14.9. The van der Waals surface area contributed by atoms with E-state index in [2.05, 4.69) is 0 Å². The minimum Gasteiger partial charge on any atom is -0.481 e. The molecule has 1 saturated heterocycles.